The number of ether oxygens (including phenoxy) is 2. The highest BCUT2D eigenvalue weighted by Crippen LogP contribution is 2.37. The van der Waals surface area contributed by atoms with Crippen molar-refractivity contribution in [3.05, 3.63) is 29.8 Å². The molecular formula is C16H23NO3. The van der Waals surface area contributed by atoms with Crippen LogP contribution in [-0.2, 0) is 10.3 Å². The average molecular weight is 277 g/mol. The summed E-state index contributed by atoms with van der Waals surface area (Å²) in [7, 11) is 0. The first-order chi connectivity index (χ1) is 9.69. The first kappa shape index (κ1) is 13.9. The van der Waals surface area contributed by atoms with E-state index in [1.807, 2.05) is 24.3 Å². The van der Waals surface area contributed by atoms with E-state index in [1.54, 1.807) is 0 Å². The lowest BCUT2D eigenvalue weighted by Crippen LogP contribution is -2.58. The predicted molar refractivity (Wildman–Crippen MR) is 76.9 cm³/mol. The van der Waals surface area contributed by atoms with Crippen LogP contribution in [0.1, 0.15) is 31.7 Å². The van der Waals surface area contributed by atoms with Crippen molar-refractivity contribution in [1.82, 2.24) is 5.32 Å². The molecule has 0 saturated carbocycles. The molecule has 4 heteroatoms. The minimum absolute atomic E-state index is 0.243. The van der Waals surface area contributed by atoms with Gasteiger partial charge in [-0.15, -0.1) is 0 Å². The van der Waals surface area contributed by atoms with Gasteiger partial charge in [-0.05, 0) is 37.0 Å². The molecule has 2 bridgehead atoms. The van der Waals surface area contributed by atoms with Gasteiger partial charge in [-0.2, -0.15) is 0 Å². The zero-order valence-electron chi connectivity index (χ0n) is 12.0. The van der Waals surface area contributed by atoms with E-state index in [4.69, 9.17) is 9.47 Å². The maximum Gasteiger partial charge on any atom is 0.119 e. The Labute approximate surface area is 120 Å². The number of rotatable bonds is 4. The summed E-state index contributed by atoms with van der Waals surface area (Å²) < 4.78 is 11.2. The van der Waals surface area contributed by atoms with Gasteiger partial charge in [-0.25, -0.2) is 0 Å². The highest BCUT2D eigenvalue weighted by atomic mass is 16.5. The van der Waals surface area contributed by atoms with Gasteiger partial charge in [0.1, 0.15) is 5.75 Å². The van der Waals surface area contributed by atoms with Gasteiger partial charge in [-0.1, -0.05) is 19.1 Å². The number of hydrogen-bond acceptors (Lipinski definition) is 4. The van der Waals surface area contributed by atoms with E-state index in [0.717, 1.165) is 17.7 Å². The molecule has 1 aromatic carbocycles. The molecule has 2 heterocycles. The Hall–Kier alpha value is -1.10. The summed E-state index contributed by atoms with van der Waals surface area (Å²) in [5.74, 6) is 0.845. The second kappa shape index (κ2) is 5.72. The fourth-order valence-electron chi connectivity index (χ4n) is 3.25. The van der Waals surface area contributed by atoms with Gasteiger partial charge in [0, 0.05) is 12.1 Å². The first-order valence-corrected chi connectivity index (χ1v) is 7.49. The van der Waals surface area contributed by atoms with Crippen LogP contribution in [0, 0.1) is 0 Å². The van der Waals surface area contributed by atoms with Crippen molar-refractivity contribution in [2.45, 2.75) is 43.9 Å². The summed E-state index contributed by atoms with van der Waals surface area (Å²) in [6.45, 7) is 4.17. The Morgan fingerprint density at radius 3 is 2.80 bits per heavy atom. The van der Waals surface area contributed by atoms with E-state index >= 15 is 0 Å². The van der Waals surface area contributed by atoms with Crippen LogP contribution >= 0.6 is 0 Å². The van der Waals surface area contributed by atoms with Crippen LogP contribution in [0.3, 0.4) is 0 Å². The third-order valence-electron chi connectivity index (χ3n) is 4.12. The lowest BCUT2D eigenvalue weighted by Gasteiger charge is -2.45. The molecule has 4 nitrogen and oxygen atoms in total. The van der Waals surface area contributed by atoms with E-state index in [0.29, 0.717) is 32.7 Å². The maximum absolute atomic E-state index is 11.0. The summed E-state index contributed by atoms with van der Waals surface area (Å²) in [5, 5.41) is 14.6. The minimum atomic E-state index is -0.768. The van der Waals surface area contributed by atoms with Gasteiger partial charge in [0.05, 0.1) is 25.4 Å². The molecule has 0 radical (unpaired) electrons. The van der Waals surface area contributed by atoms with Crippen molar-refractivity contribution in [3.63, 3.8) is 0 Å². The Morgan fingerprint density at radius 2 is 2.10 bits per heavy atom. The molecular weight excluding hydrogens is 254 g/mol. The standard InChI is InChI=1S/C16H23NO3/c1-2-6-20-15-5-3-4-12(7-15)16(18)8-13-10-19-11-14(9-16)17-13/h3-5,7,13-14,17-18H,2,6,8-11H2,1H3. The van der Waals surface area contributed by atoms with Gasteiger partial charge in [-0.3, -0.25) is 0 Å². The normalized spacial score (nSPS) is 32.9. The molecule has 20 heavy (non-hydrogen) atoms. The smallest absolute Gasteiger partial charge is 0.119 e. The number of aliphatic hydroxyl groups is 1. The van der Waals surface area contributed by atoms with Crippen molar-refractivity contribution in [2.24, 2.45) is 0 Å². The Balaban J connectivity index is 1.80. The second-order valence-electron chi connectivity index (χ2n) is 5.91. The van der Waals surface area contributed by atoms with E-state index in [2.05, 4.69) is 12.2 Å². The predicted octanol–water partition coefficient (Wildman–Crippen LogP) is 1.81. The van der Waals surface area contributed by atoms with Crippen LogP contribution in [0.25, 0.3) is 0 Å². The summed E-state index contributed by atoms with van der Waals surface area (Å²) in [4.78, 5) is 0. The molecule has 2 N–H and O–H groups in total. The molecule has 2 unspecified atom stereocenters. The molecule has 2 atom stereocenters. The Morgan fingerprint density at radius 1 is 1.35 bits per heavy atom. The number of hydrogen-bond donors (Lipinski definition) is 2. The number of benzene rings is 1. The van der Waals surface area contributed by atoms with E-state index in [9.17, 15) is 5.11 Å². The SMILES string of the molecule is CCCOc1cccc(C2(O)CC3COCC(C2)N3)c1. The van der Waals surface area contributed by atoms with Crippen LogP contribution in [0.5, 0.6) is 5.75 Å². The largest absolute Gasteiger partial charge is 0.494 e. The van der Waals surface area contributed by atoms with Crippen molar-refractivity contribution < 1.29 is 14.6 Å². The van der Waals surface area contributed by atoms with Crippen molar-refractivity contribution in [3.8, 4) is 5.75 Å². The highest BCUT2D eigenvalue weighted by Gasteiger charge is 2.42. The maximum atomic E-state index is 11.0. The van der Waals surface area contributed by atoms with E-state index in [1.165, 1.54) is 0 Å². The average Bonchev–Trinajstić information content (AvgIpc) is 2.45. The minimum Gasteiger partial charge on any atom is -0.494 e. The van der Waals surface area contributed by atoms with Gasteiger partial charge in [0.15, 0.2) is 0 Å². The van der Waals surface area contributed by atoms with Gasteiger partial charge >= 0.3 is 0 Å². The van der Waals surface area contributed by atoms with Crippen LogP contribution in [0.2, 0.25) is 0 Å². The lowest BCUT2D eigenvalue weighted by atomic mass is 9.78. The quantitative estimate of drug-likeness (QED) is 0.881. The number of nitrogens with one attached hydrogen (secondary N) is 1. The van der Waals surface area contributed by atoms with Crippen LogP contribution in [-0.4, -0.2) is 37.0 Å². The molecule has 0 aliphatic carbocycles. The third-order valence-corrected chi connectivity index (χ3v) is 4.12. The Kier molecular flexibility index (Phi) is 3.96. The molecule has 2 aliphatic heterocycles. The Bertz CT molecular complexity index is 451. The van der Waals surface area contributed by atoms with E-state index < -0.39 is 5.60 Å². The molecule has 2 fully saturated rings. The number of fused-ring (bicyclic) bond motifs is 2. The molecule has 110 valence electrons. The van der Waals surface area contributed by atoms with E-state index in [-0.39, 0.29) is 12.1 Å². The molecule has 2 aliphatic rings. The first-order valence-electron chi connectivity index (χ1n) is 7.49. The lowest BCUT2D eigenvalue weighted by molar-refractivity contribution is -0.0803. The summed E-state index contributed by atoms with van der Waals surface area (Å²) in [6, 6.07) is 8.39. The zero-order valence-corrected chi connectivity index (χ0v) is 12.0. The summed E-state index contributed by atoms with van der Waals surface area (Å²) in [5.41, 5.74) is 0.195. The fourth-order valence-corrected chi connectivity index (χ4v) is 3.25. The molecule has 0 aromatic heterocycles. The fraction of sp³-hybridized carbons (Fsp3) is 0.625. The molecule has 3 rings (SSSR count). The van der Waals surface area contributed by atoms with Crippen molar-refractivity contribution in [1.29, 1.82) is 0 Å². The molecule has 1 aromatic rings. The van der Waals surface area contributed by atoms with Gasteiger partial charge in [0.2, 0.25) is 0 Å². The van der Waals surface area contributed by atoms with Crippen LogP contribution < -0.4 is 10.1 Å². The molecule has 2 saturated heterocycles. The molecule has 0 amide bonds. The molecule has 0 spiro atoms. The van der Waals surface area contributed by atoms with Crippen molar-refractivity contribution in [2.75, 3.05) is 19.8 Å². The second-order valence-corrected chi connectivity index (χ2v) is 5.91. The van der Waals surface area contributed by atoms with Gasteiger partial charge in [0.25, 0.3) is 0 Å². The highest BCUT2D eigenvalue weighted by molar-refractivity contribution is 5.33. The monoisotopic (exact) mass is 277 g/mol. The van der Waals surface area contributed by atoms with Crippen LogP contribution in [0.4, 0.5) is 0 Å². The summed E-state index contributed by atoms with van der Waals surface area (Å²) in [6.07, 6.45) is 2.38. The number of morpholine rings is 1. The summed E-state index contributed by atoms with van der Waals surface area (Å²) >= 11 is 0. The van der Waals surface area contributed by atoms with Crippen molar-refractivity contribution >= 4 is 0 Å². The topological polar surface area (TPSA) is 50.7 Å². The van der Waals surface area contributed by atoms with Gasteiger partial charge < -0.3 is 19.9 Å². The third kappa shape index (κ3) is 2.82. The number of piperidine rings is 1. The van der Waals surface area contributed by atoms with Crippen LogP contribution in [0.15, 0.2) is 24.3 Å². The zero-order chi connectivity index (χ0) is 14.0.